The second-order valence-electron chi connectivity index (χ2n) is 10.6. The van der Waals surface area contributed by atoms with Gasteiger partial charge in [0.1, 0.15) is 0 Å². The third-order valence-electron chi connectivity index (χ3n) is 8.83. The molecule has 5 nitrogen and oxygen atoms in total. The summed E-state index contributed by atoms with van der Waals surface area (Å²) in [6.45, 7) is 3.89. The molecule has 30 heavy (non-hydrogen) atoms. The Bertz CT molecular complexity index is 1030. The van der Waals surface area contributed by atoms with E-state index in [0.29, 0.717) is 28.8 Å². The summed E-state index contributed by atoms with van der Waals surface area (Å²) in [5, 5.41) is 13.2. The zero-order valence-electron chi connectivity index (χ0n) is 17.2. The molecule has 6 atom stereocenters. The second kappa shape index (κ2) is 5.81. The first kappa shape index (κ1) is 18.7. The van der Waals surface area contributed by atoms with Gasteiger partial charge in [0.2, 0.25) is 5.91 Å². The lowest BCUT2D eigenvalue weighted by Crippen LogP contribution is -2.77. The minimum Gasteiger partial charge on any atom is -0.393 e. The molecule has 0 radical (unpaired) electrons. The van der Waals surface area contributed by atoms with Crippen molar-refractivity contribution in [3.8, 4) is 0 Å². The van der Waals surface area contributed by atoms with Crippen LogP contribution in [0.5, 0.6) is 0 Å². The van der Waals surface area contributed by atoms with Crippen LogP contribution in [0.15, 0.2) is 18.5 Å². The van der Waals surface area contributed by atoms with Gasteiger partial charge in [-0.1, -0.05) is 6.92 Å². The molecule has 0 aliphatic heterocycles. The molecule has 7 heteroatoms. The normalized spacial score (nSPS) is 40.3. The highest BCUT2D eigenvalue weighted by Gasteiger charge is 2.70. The molecule has 1 aromatic heterocycles. The predicted octanol–water partition coefficient (Wildman–Crippen LogP) is 3.57. The van der Waals surface area contributed by atoms with E-state index in [1.807, 2.05) is 18.4 Å². The minimum atomic E-state index is -0.870. The van der Waals surface area contributed by atoms with Gasteiger partial charge in [-0.15, -0.1) is 0 Å². The molecule has 5 saturated carbocycles. The number of carbonyl (C=O) groups is 1. The molecule has 2 aromatic rings. The highest BCUT2D eigenvalue weighted by atomic mass is 19.2. The molecule has 5 aliphatic carbocycles. The zero-order chi connectivity index (χ0) is 21.0. The number of aliphatic hydroxyl groups excluding tert-OH is 1. The molecule has 2 N–H and O–H groups in total. The Morgan fingerprint density at radius 1 is 1.20 bits per heavy atom. The Hall–Kier alpha value is -2.02. The maximum absolute atomic E-state index is 13.7. The predicted molar refractivity (Wildman–Crippen MR) is 106 cm³/mol. The lowest BCUT2D eigenvalue weighted by molar-refractivity contribution is -0.211. The number of fused-ring (bicyclic) bond motifs is 2. The molecule has 5 fully saturated rings. The first-order valence-electron chi connectivity index (χ1n) is 11.0. The van der Waals surface area contributed by atoms with Gasteiger partial charge in [-0.3, -0.25) is 4.79 Å². The SMILES string of the molecule is CC(C(=O)NC12CC(C(C)O)(C1)C2)C1[C@H]2CC(n3cnc4cc(F)c(F)cc43)C[C@@H]12. The molecule has 5 aliphatic rings. The number of aliphatic hydroxyl groups is 1. The third-order valence-corrected chi connectivity index (χ3v) is 8.83. The lowest BCUT2D eigenvalue weighted by atomic mass is 9.37. The van der Waals surface area contributed by atoms with Gasteiger partial charge in [-0.2, -0.15) is 0 Å². The Kier molecular flexibility index (Phi) is 3.63. The van der Waals surface area contributed by atoms with E-state index in [0.717, 1.165) is 38.2 Å². The number of carbonyl (C=O) groups excluding carboxylic acids is 1. The van der Waals surface area contributed by atoms with Gasteiger partial charge in [-0.05, 0) is 56.8 Å². The molecule has 2 bridgehead atoms. The van der Waals surface area contributed by atoms with Crippen LogP contribution < -0.4 is 5.32 Å². The quantitative estimate of drug-likeness (QED) is 0.785. The number of rotatable bonds is 5. The van der Waals surface area contributed by atoms with Crippen LogP contribution in [0.25, 0.3) is 11.0 Å². The first-order chi connectivity index (χ1) is 14.2. The van der Waals surface area contributed by atoms with E-state index in [-0.39, 0.29) is 34.9 Å². The van der Waals surface area contributed by atoms with Crippen LogP contribution in [0.2, 0.25) is 0 Å². The van der Waals surface area contributed by atoms with Crippen LogP contribution in [0.1, 0.15) is 52.0 Å². The molecule has 1 amide bonds. The monoisotopic (exact) mass is 415 g/mol. The van der Waals surface area contributed by atoms with E-state index in [4.69, 9.17) is 0 Å². The first-order valence-corrected chi connectivity index (χ1v) is 11.0. The zero-order valence-corrected chi connectivity index (χ0v) is 17.2. The minimum absolute atomic E-state index is 0.0106. The van der Waals surface area contributed by atoms with Gasteiger partial charge in [0.25, 0.3) is 0 Å². The van der Waals surface area contributed by atoms with E-state index in [9.17, 15) is 18.7 Å². The Morgan fingerprint density at radius 2 is 1.83 bits per heavy atom. The largest absolute Gasteiger partial charge is 0.393 e. The summed E-state index contributed by atoms with van der Waals surface area (Å²) in [5.74, 6) is -0.153. The van der Waals surface area contributed by atoms with Crippen molar-refractivity contribution in [2.45, 2.75) is 63.6 Å². The molecule has 160 valence electrons. The van der Waals surface area contributed by atoms with Crippen LogP contribution in [-0.4, -0.2) is 32.2 Å². The summed E-state index contributed by atoms with van der Waals surface area (Å²) >= 11 is 0. The van der Waals surface area contributed by atoms with E-state index in [1.54, 1.807) is 6.33 Å². The maximum atomic E-state index is 13.7. The molecule has 0 spiro atoms. The van der Waals surface area contributed by atoms with Crippen molar-refractivity contribution in [1.82, 2.24) is 14.9 Å². The lowest BCUT2D eigenvalue weighted by Gasteiger charge is -2.72. The van der Waals surface area contributed by atoms with Crippen molar-refractivity contribution in [2.24, 2.45) is 29.1 Å². The second-order valence-corrected chi connectivity index (χ2v) is 10.6. The van der Waals surface area contributed by atoms with Crippen LogP contribution in [-0.2, 0) is 4.79 Å². The fourth-order valence-electron chi connectivity index (χ4n) is 7.14. The number of nitrogens with zero attached hydrogens (tertiary/aromatic N) is 2. The van der Waals surface area contributed by atoms with E-state index in [1.165, 1.54) is 6.07 Å². The Balaban J connectivity index is 1.08. The van der Waals surface area contributed by atoms with E-state index < -0.39 is 11.6 Å². The third kappa shape index (κ3) is 2.41. The number of hydrogen-bond donors (Lipinski definition) is 2. The molecular weight excluding hydrogens is 388 g/mol. The Morgan fingerprint density at radius 3 is 2.47 bits per heavy atom. The van der Waals surface area contributed by atoms with Crippen LogP contribution in [0.4, 0.5) is 8.78 Å². The molecule has 0 saturated heterocycles. The molecular formula is C23H27F2N3O2. The van der Waals surface area contributed by atoms with Crippen molar-refractivity contribution in [1.29, 1.82) is 0 Å². The fourth-order valence-corrected chi connectivity index (χ4v) is 7.14. The van der Waals surface area contributed by atoms with Crippen LogP contribution in [0.3, 0.4) is 0 Å². The highest BCUT2D eigenvalue weighted by molar-refractivity contribution is 5.80. The number of hydrogen-bond acceptors (Lipinski definition) is 3. The number of aromatic nitrogens is 2. The standard InChI is InChI=1S/C23H27F2N3O2/c1-11(21(30)27-23-7-22(8-23,9-23)12(2)29)20-14-3-13(4-15(14)20)28-10-26-18-5-16(24)17(25)6-19(18)28/h5-6,10-15,20,29H,3-4,7-9H2,1-2H3,(H,27,30)/t11?,12?,13?,14-,15+,20?,22?,23?. The Labute approximate surface area is 173 Å². The van der Waals surface area contributed by atoms with Crippen molar-refractivity contribution < 1.29 is 18.7 Å². The fraction of sp³-hybridized carbons (Fsp3) is 0.652. The maximum Gasteiger partial charge on any atom is 0.223 e. The highest BCUT2D eigenvalue weighted by Crippen LogP contribution is 2.69. The summed E-state index contributed by atoms with van der Waals surface area (Å²) in [6.07, 6.45) is 6.01. The summed E-state index contributed by atoms with van der Waals surface area (Å²) in [6, 6.07) is 2.61. The number of halogens is 2. The van der Waals surface area contributed by atoms with Crippen molar-refractivity contribution >= 4 is 16.9 Å². The van der Waals surface area contributed by atoms with Gasteiger partial charge in [0.15, 0.2) is 11.6 Å². The summed E-state index contributed by atoms with van der Waals surface area (Å²) < 4.78 is 29.1. The summed E-state index contributed by atoms with van der Waals surface area (Å²) in [7, 11) is 0. The van der Waals surface area contributed by atoms with Crippen molar-refractivity contribution in [3.05, 3.63) is 30.1 Å². The van der Waals surface area contributed by atoms with Crippen LogP contribution >= 0.6 is 0 Å². The van der Waals surface area contributed by atoms with Crippen molar-refractivity contribution in [3.63, 3.8) is 0 Å². The number of amides is 1. The van der Waals surface area contributed by atoms with Gasteiger partial charge in [-0.25, -0.2) is 13.8 Å². The summed E-state index contributed by atoms with van der Waals surface area (Å²) in [5.41, 5.74) is 1.10. The average Bonchev–Trinajstić information content (AvgIpc) is 2.96. The van der Waals surface area contributed by atoms with Crippen molar-refractivity contribution in [2.75, 3.05) is 0 Å². The average molecular weight is 415 g/mol. The van der Waals surface area contributed by atoms with E-state index >= 15 is 0 Å². The van der Waals surface area contributed by atoms with Gasteiger partial charge >= 0.3 is 0 Å². The topological polar surface area (TPSA) is 67.2 Å². The number of benzene rings is 1. The van der Waals surface area contributed by atoms with E-state index in [2.05, 4.69) is 10.3 Å². The molecule has 7 rings (SSSR count). The summed E-state index contributed by atoms with van der Waals surface area (Å²) in [4.78, 5) is 17.1. The smallest absolute Gasteiger partial charge is 0.223 e. The van der Waals surface area contributed by atoms with Crippen LogP contribution in [0, 0.1) is 40.7 Å². The molecule has 1 aromatic carbocycles. The number of imidazole rings is 1. The van der Waals surface area contributed by atoms with Gasteiger partial charge in [0, 0.05) is 35.0 Å². The van der Waals surface area contributed by atoms with Gasteiger partial charge in [0.05, 0.1) is 23.5 Å². The number of nitrogens with one attached hydrogen (secondary N) is 1. The molecule has 4 unspecified atom stereocenters. The van der Waals surface area contributed by atoms with Gasteiger partial charge < -0.3 is 15.0 Å². The molecule has 1 heterocycles.